The van der Waals surface area contributed by atoms with Gasteiger partial charge in [0.1, 0.15) is 0 Å². The van der Waals surface area contributed by atoms with Gasteiger partial charge < -0.3 is 14.4 Å². The minimum absolute atomic E-state index is 0.193. The topological polar surface area (TPSA) is 94.1 Å². The molecule has 1 fully saturated rings. The molecule has 0 radical (unpaired) electrons. The zero-order chi connectivity index (χ0) is 16.9. The largest absolute Gasteiger partial charge is 0.351 e. The van der Waals surface area contributed by atoms with Crippen LogP contribution in [-0.2, 0) is 13.0 Å². The quantitative estimate of drug-likeness (QED) is 0.872. The molecule has 0 atom stereocenters. The highest BCUT2D eigenvalue weighted by molar-refractivity contribution is 5.91. The van der Waals surface area contributed by atoms with Gasteiger partial charge in [-0.1, -0.05) is 43.4 Å². The van der Waals surface area contributed by atoms with E-state index in [4.69, 9.17) is 9.05 Å². The van der Waals surface area contributed by atoms with Gasteiger partial charge in [0.05, 0.1) is 12.2 Å². The molecule has 7 heteroatoms. The Morgan fingerprint density at radius 2 is 2.04 bits per heavy atom. The Morgan fingerprint density at radius 3 is 2.79 bits per heavy atom. The molecule has 0 aliphatic heterocycles. The van der Waals surface area contributed by atoms with Crippen LogP contribution in [0.3, 0.4) is 0 Å². The Labute approximate surface area is 141 Å². The van der Waals surface area contributed by atoms with Crippen LogP contribution < -0.4 is 5.32 Å². The molecule has 2 aromatic rings. The zero-order valence-corrected chi connectivity index (χ0v) is 14.2. The van der Waals surface area contributed by atoms with E-state index in [1.54, 1.807) is 6.07 Å². The molecule has 2 aromatic heterocycles. The van der Waals surface area contributed by atoms with E-state index in [1.807, 2.05) is 0 Å². The van der Waals surface area contributed by atoms with Crippen LogP contribution in [0.4, 0.5) is 0 Å². The highest BCUT2D eigenvalue weighted by Crippen LogP contribution is 2.30. The van der Waals surface area contributed by atoms with Crippen molar-refractivity contribution in [3.8, 4) is 0 Å². The molecule has 0 bridgehead atoms. The summed E-state index contributed by atoms with van der Waals surface area (Å²) >= 11 is 0. The average molecular weight is 332 g/mol. The summed E-state index contributed by atoms with van der Waals surface area (Å²) in [6, 6.07) is 1.68. The van der Waals surface area contributed by atoms with E-state index < -0.39 is 0 Å². The molecule has 1 N–H and O–H groups in total. The van der Waals surface area contributed by atoms with Gasteiger partial charge in [0, 0.05) is 12.0 Å². The molecule has 3 rings (SSSR count). The first-order chi connectivity index (χ1) is 11.6. The number of amides is 1. The predicted molar refractivity (Wildman–Crippen MR) is 86.3 cm³/mol. The van der Waals surface area contributed by atoms with Crippen LogP contribution in [0, 0.1) is 5.92 Å². The number of rotatable bonds is 6. The van der Waals surface area contributed by atoms with Crippen LogP contribution in [0.2, 0.25) is 0 Å². The van der Waals surface area contributed by atoms with Gasteiger partial charge in [-0.25, -0.2) is 0 Å². The standard InChI is InChI=1S/C17H24N4O3/c1-11(2)8-13-9-14(23-20-13)17(22)18-10-15-19-16(21-24-15)12-6-4-3-5-7-12/h9,11-12H,3-8,10H2,1-2H3,(H,18,22). The van der Waals surface area contributed by atoms with Gasteiger partial charge in [-0.05, 0) is 25.2 Å². The van der Waals surface area contributed by atoms with Crippen molar-refractivity contribution < 1.29 is 13.8 Å². The van der Waals surface area contributed by atoms with Gasteiger partial charge in [-0.3, -0.25) is 4.79 Å². The van der Waals surface area contributed by atoms with Crippen LogP contribution in [-0.4, -0.2) is 21.2 Å². The van der Waals surface area contributed by atoms with Crippen molar-refractivity contribution >= 4 is 5.91 Å². The third kappa shape index (κ3) is 4.21. The zero-order valence-electron chi connectivity index (χ0n) is 14.2. The first-order valence-electron chi connectivity index (χ1n) is 8.68. The Kier molecular flexibility index (Phi) is 5.27. The maximum atomic E-state index is 12.1. The van der Waals surface area contributed by atoms with E-state index >= 15 is 0 Å². The minimum Gasteiger partial charge on any atom is -0.351 e. The maximum Gasteiger partial charge on any atom is 0.290 e. The van der Waals surface area contributed by atoms with E-state index in [-0.39, 0.29) is 18.2 Å². The molecule has 24 heavy (non-hydrogen) atoms. The fourth-order valence-corrected chi connectivity index (χ4v) is 3.04. The van der Waals surface area contributed by atoms with Crippen molar-refractivity contribution in [2.75, 3.05) is 0 Å². The lowest BCUT2D eigenvalue weighted by Crippen LogP contribution is -2.22. The number of carbonyl (C=O) groups excluding carboxylic acids is 1. The number of nitrogens with one attached hydrogen (secondary N) is 1. The van der Waals surface area contributed by atoms with E-state index in [0.717, 1.165) is 30.8 Å². The summed E-state index contributed by atoms with van der Waals surface area (Å²) in [5.41, 5.74) is 0.785. The highest BCUT2D eigenvalue weighted by Gasteiger charge is 2.21. The molecular formula is C17H24N4O3. The number of carbonyl (C=O) groups is 1. The summed E-state index contributed by atoms with van der Waals surface area (Å²) in [6.07, 6.45) is 6.73. The molecule has 1 amide bonds. The molecule has 7 nitrogen and oxygen atoms in total. The first kappa shape index (κ1) is 16.7. The Bertz CT molecular complexity index is 671. The van der Waals surface area contributed by atoms with Crippen LogP contribution in [0.5, 0.6) is 0 Å². The predicted octanol–water partition coefficient (Wildman–Crippen LogP) is 3.23. The molecule has 0 saturated heterocycles. The first-order valence-corrected chi connectivity index (χ1v) is 8.68. The summed E-state index contributed by atoms with van der Waals surface area (Å²) in [4.78, 5) is 16.5. The van der Waals surface area contributed by atoms with Crippen LogP contribution in [0.25, 0.3) is 0 Å². The summed E-state index contributed by atoms with van der Waals surface area (Å²) in [5, 5.41) is 10.7. The van der Waals surface area contributed by atoms with Crippen LogP contribution in [0.1, 0.15) is 79.8 Å². The van der Waals surface area contributed by atoms with Crippen molar-refractivity contribution in [2.45, 2.75) is 64.8 Å². The summed E-state index contributed by atoms with van der Waals surface area (Å²) < 4.78 is 10.3. The molecule has 0 spiro atoms. The van der Waals surface area contributed by atoms with Gasteiger partial charge >= 0.3 is 0 Å². The molecule has 1 saturated carbocycles. The van der Waals surface area contributed by atoms with Gasteiger partial charge in [-0.15, -0.1) is 0 Å². The fourth-order valence-electron chi connectivity index (χ4n) is 3.04. The molecule has 0 unspecified atom stereocenters. The van der Waals surface area contributed by atoms with Gasteiger partial charge in [0.25, 0.3) is 5.91 Å². The Balaban J connectivity index is 1.52. The highest BCUT2D eigenvalue weighted by atomic mass is 16.5. The molecule has 0 aromatic carbocycles. The van der Waals surface area contributed by atoms with Crippen molar-refractivity contribution in [1.82, 2.24) is 20.6 Å². The van der Waals surface area contributed by atoms with Crippen molar-refractivity contribution in [1.29, 1.82) is 0 Å². The maximum absolute atomic E-state index is 12.1. The number of hydrogen-bond acceptors (Lipinski definition) is 6. The normalized spacial score (nSPS) is 15.8. The van der Waals surface area contributed by atoms with Crippen molar-refractivity contribution in [2.24, 2.45) is 5.92 Å². The van der Waals surface area contributed by atoms with Crippen molar-refractivity contribution in [3.63, 3.8) is 0 Å². The number of hydrogen-bond donors (Lipinski definition) is 1. The number of aromatic nitrogens is 3. The van der Waals surface area contributed by atoms with Crippen LogP contribution in [0.15, 0.2) is 15.1 Å². The minimum atomic E-state index is -0.324. The molecule has 130 valence electrons. The van der Waals surface area contributed by atoms with E-state index in [9.17, 15) is 4.79 Å². The molecular weight excluding hydrogens is 308 g/mol. The second kappa shape index (κ2) is 7.59. The summed E-state index contributed by atoms with van der Waals surface area (Å²) in [5.74, 6) is 1.92. The van der Waals surface area contributed by atoms with Crippen LogP contribution >= 0.6 is 0 Å². The Morgan fingerprint density at radius 1 is 1.25 bits per heavy atom. The SMILES string of the molecule is CC(C)Cc1cc(C(=O)NCc2nc(C3CCCCC3)no2)on1. The lowest BCUT2D eigenvalue weighted by molar-refractivity contribution is 0.0909. The van der Waals surface area contributed by atoms with Gasteiger partial charge in [0.15, 0.2) is 5.82 Å². The van der Waals surface area contributed by atoms with Gasteiger partial charge in [-0.2, -0.15) is 4.98 Å². The van der Waals surface area contributed by atoms with Crippen molar-refractivity contribution in [3.05, 3.63) is 29.2 Å². The molecule has 1 aliphatic carbocycles. The third-order valence-corrected chi connectivity index (χ3v) is 4.25. The van der Waals surface area contributed by atoms with Gasteiger partial charge in [0.2, 0.25) is 11.7 Å². The summed E-state index contributed by atoms with van der Waals surface area (Å²) in [6.45, 7) is 4.38. The van der Waals surface area contributed by atoms with E-state index in [2.05, 4.69) is 34.5 Å². The molecule has 2 heterocycles. The fraction of sp³-hybridized carbons (Fsp3) is 0.647. The molecule has 1 aliphatic rings. The summed E-state index contributed by atoms with van der Waals surface area (Å²) in [7, 11) is 0. The van der Waals surface area contributed by atoms with E-state index in [0.29, 0.717) is 17.7 Å². The third-order valence-electron chi connectivity index (χ3n) is 4.25. The lowest BCUT2D eigenvalue weighted by atomic mass is 9.89. The second-order valence-electron chi connectivity index (χ2n) is 6.84. The average Bonchev–Trinajstić information content (AvgIpc) is 3.22. The monoisotopic (exact) mass is 332 g/mol. The Hall–Kier alpha value is -2.18. The second-order valence-corrected chi connectivity index (χ2v) is 6.84. The smallest absolute Gasteiger partial charge is 0.290 e. The lowest BCUT2D eigenvalue weighted by Gasteiger charge is -2.17. The number of nitrogens with zero attached hydrogens (tertiary/aromatic N) is 3. The van der Waals surface area contributed by atoms with E-state index in [1.165, 1.54) is 19.3 Å².